The molecule has 2 atom stereocenters. The zero-order chi connectivity index (χ0) is 58.1. The summed E-state index contributed by atoms with van der Waals surface area (Å²) in [5.74, 6) is 2.27. The second-order valence-corrected chi connectivity index (χ2v) is 21.7. The highest BCUT2D eigenvalue weighted by Crippen LogP contribution is 2.32. The van der Waals surface area contributed by atoms with Gasteiger partial charge in [0, 0.05) is 62.5 Å². The molecule has 0 spiro atoms. The number of aromatic amines is 2. The number of unbranched alkanes of at least 4 members (excludes halogenated alkanes) is 4. The minimum atomic E-state index is -0.334. The van der Waals surface area contributed by atoms with Gasteiger partial charge in [0.15, 0.2) is 0 Å². The van der Waals surface area contributed by atoms with Gasteiger partial charge in [-0.1, -0.05) is 56.0 Å². The van der Waals surface area contributed by atoms with Crippen molar-refractivity contribution in [3.63, 3.8) is 0 Å². The Morgan fingerprint density at radius 3 is 2.10 bits per heavy atom. The number of rotatable bonds is 26. The standard InChI is InChI=1S/C31H37N9O3.C29H36N8O2S/c1-19-22(20(2)40-31(36-19)34-18-35-40)14-15-28(42)37-25(12-6-5-7-13-27(41)32-3)29-33-17-26(38-29)23-16-21-10-8-9-11-24(21)39-30(23)43-4;1-30-26(38)9-4-2-3-8-23(35-29(39)25-19-31-27(40-25)20-36-15-5-6-16-36)28-32-18-24(34-28)21-10-12-22(13-11-21)37-17-7-14-33-37/h8-11,16-18,25H,5-7,12-15H2,1-4H3,(H,32,41)(H,33,38)(H,37,42);7,10-14,17-19,23H,2-6,8-9,15-16,20H2,1H3,(H,30,38)(H,32,34)(H,35,39)/t25-;23-/m00/s1. The summed E-state index contributed by atoms with van der Waals surface area (Å²) in [6, 6.07) is 19.2. The number of aromatic nitrogens is 12. The summed E-state index contributed by atoms with van der Waals surface area (Å²) in [5, 5.41) is 22.2. The van der Waals surface area contributed by atoms with E-state index in [1.54, 1.807) is 44.3 Å². The van der Waals surface area contributed by atoms with E-state index < -0.39 is 0 Å². The van der Waals surface area contributed by atoms with E-state index in [9.17, 15) is 19.2 Å². The Balaban J connectivity index is 0.000000200. The van der Waals surface area contributed by atoms with Crippen molar-refractivity contribution in [1.29, 1.82) is 0 Å². The summed E-state index contributed by atoms with van der Waals surface area (Å²) in [5.41, 5.74) is 7.99. The summed E-state index contributed by atoms with van der Waals surface area (Å²) in [7, 11) is 4.90. The van der Waals surface area contributed by atoms with Crippen LogP contribution in [0.1, 0.15) is 139 Å². The largest absolute Gasteiger partial charge is 0.480 e. The first-order valence-corrected chi connectivity index (χ1v) is 29.3. The lowest BCUT2D eigenvalue weighted by molar-refractivity contribution is -0.122. The number of carbonyl (C=O) groups is 4. The minimum absolute atomic E-state index is 0.0302. The monoisotopic (exact) mass is 1140 g/mol. The zero-order valence-electron chi connectivity index (χ0n) is 47.8. The first-order chi connectivity index (χ1) is 40.5. The highest BCUT2D eigenvalue weighted by atomic mass is 32.1. The van der Waals surface area contributed by atoms with Gasteiger partial charge in [0.25, 0.3) is 11.7 Å². The van der Waals surface area contributed by atoms with Crippen molar-refractivity contribution in [1.82, 2.24) is 85.4 Å². The van der Waals surface area contributed by atoms with E-state index in [1.807, 2.05) is 91.6 Å². The lowest BCUT2D eigenvalue weighted by Gasteiger charge is -2.18. The van der Waals surface area contributed by atoms with E-state index in [0.29, 0.717) is 60.3 Å². The van der Waals surface area contributed by atoms with Crippen molar-refractivity contribution < 1.29 is 23.9 Å². The molecule has 2 aromatic carbocycles. The molecule has 10 rings (SSSR count). The van der Waals surface area contributed by atoms with Crippen molar-refractivity contribution >= 4 is 51.6 Å². The summed E-state index contributed by atoms with van der Waals surface area (Å²) < 4.78 is 9.11. The first kappa shape index (κ1) is 58.9. The maximum atomic E-state index is 13.3. The van der Waals surface area contributed by atoms with E-state index in [2.05, 4.69) is 76.2 Å². The Labute approximate surface area is 486 Å². The van der Waals surface area contributed by atoms with Gasteiger partial charge in [-0.15, -0.1) is 11.3 Å². The van der Waals surface area contributed by atoms with Crippen LogP contribution >= 0.6 is 11.3 Å². The van der Waals surface area contributed by atoms with Crippen LogP contribution in [0.2, 0.25) is 0 Å². The van der Waals surface area contributed by atoms with Crippen molar-refractivity contribution in [3.8, 4) is 34.1 Å². The molecule has 1 aliphatic heterocycles. The summed E-state index contributed by atoms with van der Waals surface area (Å²) in [4.78, 5) is 86.8. The third-order valence-corrected chi connectivity index (χ3v) is 15.9. The van der Waals surface area contributed by atoms with Crippen molar-refractivity contribution in [2.24, 2.45) is 0 Å². The zero-order valence-corrected chi connectivity index (χ0v) is 48.6. The van der Waals surface area contributed by atoms with Gasteiger partial charge in [-0.25, -0.2) is 34.1 Å². The third kappa shape index (κ3) is 15.7. The molecule has 83 heavy (non-hydrogen) atoms. The Bertz CT molecular complexity index is 3580. The molecule has 8 heterocycles. The lowest BCUT2D eigenvalue weighted by atomic mass is 10.0. The predicted octanol–water partition coefficient (Wildman–Crippen LogP) is 8.66. The molecule has 1 aliphatic rings. The second-order valence-electron chi connectivity index (χ2n) is 20.6. The van der Waals surface area contributed by atoms with Crippen molar-refractivity contribution in [3.05, 3.63) is 136 Å². The number of hydrogen-bond donors (Lipinski definition) is 6. The topological polar surface area (TPSA) is 273 Å². The van der Waals surface area contributed by atoms with Gasteiger partial charge in [0.2, 0.25) is 23.6 Å². The maximum Gasteiger partial charge on any atom is 0.263 e. The SMILES string of the molecule is CNC(=O)CCCCC[C@H](NC(=O)CCc1c(C)nc2ncnn2c1C)c1ncc(-c2cc3ccccc3nc2OC)[nH]1.CNC(=O)CCCCC[C@H](NC(=O)c1cnc(CN2CCCC2)s1)c1ncc(-c2ccc(-n3cccn3)cc2)[nH]1. The van der Waals surface area contributed by atoms with E-state index >= 15 is 0 Å². The van der Waals surface area contributed by atoms with Crippen LogP contribution < -0.4 is 26.0 Å². The molecule has 0 radical (unpaired) electrons. The lowest BCUT2D eigenvalue weighted by Crippen LogP contribution is -2.29. The molecular weight excluding hydrogens is 1070 g/mol. The van der Waals surface area contributed by atoms with Crippen molar-refractivity contribution in [2.75, 3.05) is 34.3 Å². The highest BCUT2D eigenvalue weighted by Gasteiger charge is 2.24. The van der Waals surface area contributed by atoms with Crippen LogP contribution in [0.3, 0.4) is 0 Å². The number of imidazole rings is 2. The number of fused-ring (bicyclic) bond motifs is 2. The number of nitrogens with one attached hydrogen (secondary N) is 6. The minimum Gasteiger partial charge on any atom is -0.480 e. The van der Waals surface area contributed by atoms with Crippen LogP contribution in [0, 0.1) is 13.8 Å². The van der Waals surface area contributed by atoms with Crippen LogP contribution in [-0.2, 0) is 27.3 Å². The number of pyridine rings is 1. The summed E-state index contributed by atoms with van der Waals surface area (Å²) in [6.07, 6.45) is 21.0. The molecule has 0 bridgehead atoms. The van der Waals surface area contributed by atoms with Crippen LogP contribution in [-0.4, -0.2) is 122 Å². The van der Waals surface area contributed by atoms with E-state index in [0.717, 1.165) is 119 Å². The number of carbonyl (C=O) groups excluding carboxylic acids is 4. The predicted molar refractivity (Wildman–Crippen MR) is 318 cm³/mol. The van der Waals surface area contributed by atoms with Gasteiger partial charge < -0.3 is 36.0 Å². The molecule has 0 saturated carbocycles. The highest BCUT2D eigenvalue weighted by molar-refractivity contribution is 7.13. The number of amides is 4. The van der Waals surface area contributed by atoms with Gasteiger partial charge >= 0.3 is 0 Å². The molecule has 7 aromatic heterocycles. The fraction of sp³-hybridized carbons (Fsp3) is 0.400. The molecule has 9 aromatic rings. The molecule has 22 nitrogen and oxygen atoms in total. The molecule has 0 aliphatic carbocycles. The molecular formula is C60H73N17O5S. The Hall–Kier alpha value is -8.70. The fourth-order valence-corrected chi connectivity index (χ4v) is 11.1. The second kappa shape index (κ2) is 28.8. The number of para-hydroxylation sites is 1. The maximum absolute atomic E-state index is 13.3. The van der Waals surface area contributed by atoms with Gasteiger partial charge in [-0.05, 0) is 113 Å². The first-order valence-electron chi connectivity index (χ1n) is 28.5. The van der Waals surface area contributed by atoms with Gasteiger partial charge in [-0.2, -0.15) is 15.2 Å². The average Bonchev–Trinajstić information content (AvgIpc) is 4.49. The Morgan fingerprint density at radius 2 is 1.41 bits per heavy atom. The van der Waals surface area contributed by atoms with Crippen molar-refractivity contribution in [2.45, 2.75) is 122 Å². The quantitative estimate of drug-likeness (QED) is 0.0277. The van der Waals surface area contributed by atoms with E-state index in [4.69, 9.17) is 4.74 Å². The molecule has 6 N–H and O–H groups in total. The normalized spacial score (nSPS) is 13.1. The van der Waals surface area contributed by atoms with Gasteiger partial charge in [0.05, 0.1) is 72.5 Å². The van der Waals surface area contributed by atoms with Crippen LogP contribution in [0.4, 0.5) is 0 Å². The molecule has 1 saturated heterocycles. The number of benzene rings is 2. The molecule has 434 valence electrons. The van der Waals surface area contributed by atoms with Crippen LogP contribution in [0.25, 0.3) is 44.9 Å². The molecule has 23 heteroatoms. The summed E-state index contributed by atoms with van der Waals surface area (Å²) in [6.45, 7) is 6.88. The van der Waals surface area contributed by atoms with Gasteiger partial charge in [0.1, 0.15) is 27.9 Å². The number of nitrogens with zero attached hydrogens (tertiary/aromatic N) is 11. The summed E-state index contributed by atoms with van der Waals surface area (Å²) >= 11 is 1.46. The van der Waals surface area contributed by atoms with E-state index in [-0.39, 0.29) is 42.1 Å². The number of methoxy groups -OCH3 is 1. The molecule has 0 unspecified atom stereocenters. The Morgan fingerprint density at radius 1 is 0.723 bits per heavy atom. The van der Waals surface area contributed by atoms with E-state index in [1.165, 1.54) is 30.5 Å². The number of likely N-dealkylation sites (tertiary alicyclic amines) is 1. The number of ether oxygens (including phenoxy) is 1. The number of aryl methyl sites for hydroxylation is 2. The molecule has 1 fully saturated rings. The average molecular weight is 1140 g/mol. The number of H-pyrrole nitrogens is 2. The van der Waals surface area contributed by atoms with Gasteiger partial charge in [-0.3, -0.25) is 24.1 Å². The van der Waals surface area contributed by atoms with Crippen LogP contribution in [0.15, 0.2) is 98.0 Å². The molecule has 4 amide bonds. The number of hydrogen-bond acceptors (Lipinski definition) is 15. The third-order valence-electron chi connectivity index (χ3n) is 14.9. The van der Waals surface area contributed by atoms with Crippen LogP contribution in [0.5, 0.6) is 5.88 Å². The fourth-order valence-electron chi connectivity index (χ4n) is 10.3. The Kier molecular flexibility index (Phi) is 20.5. The number of thiazole rings is 1. The smallest absolute Gasteiger partial charge is 0.263 e.